The molecule has 1 aromatic heterocycles. The zero-order valence-electron chi connectivity index (χ0n) is 11.0. The van der Waals surface area contributed by atoms with E-state index in [-0.39, 0.29) is 10.8 Å². The summed E-state index contributed by atoms with van der Waals surface area (Å²) in [6, 6.07) is 6.02. The Labute approximate surface area is 121 Å². The van der Waals surface area contributed by atoms with Gasteiger partial charge in [-0.2, -0.15) is 0 Å². The molecule has 0 unspecified atom stereocenters. The average Bonchev–Trinajstić information content (AvgIpc) is 2.91. The van der Waals surface area contributed by atoms with Gasteiger partial charge < -0.3 is 0 Å². The smallest absolute Gasteiger partial charge is 0.257 e. The summed E-state index contributed by atoms with van der Waals surface area (Å²) < 4.78 is 24.2. The highest BCUT2D eigenvalue weighted by atomic mass is 32.2. The maximum absolute atomic E-state index is 12.1. The molecule has 0 saturated heterocycles. The Kier molecular flexibility index (Phi) is 4.20. The molecule has 0 atom stereocenters. The predicted molar refractivity (Wildman–Crippen MR) is 78.8 cm³/mol. The number of carbonyl (C=O) groups excluding carboxylic acids is 1. The van der Waals surface area contributed by atoms with Gasteiger partial charge >= 0.3 is 0 Å². The first-order chi connectivity index (χ1) is 9.41. The fourth-order valence-electron chi connectivity index (χ4n) is 1.54. The molecule has 0 bridgehead atoms. The Morgan fingerprint density at radius 1 is 1.35 bits per heavy atom. The lowest BCUT2D eigenvalue weighted by atomic mass is 10.2. The fraction of sp³-hybridized carbons (Fsp3) is 0.231. The van der Waals surface area contributed by atoms with Gasteiger partial charge in [0.05, 0.1) is 10.1 Å². The van der Waals surface area contributed by atoms with Crippen LogP contribution in [0.5, 0.6) is 0 Å². The summed E-state index contributed by atoms with van der Waals surface area (Å²) in [7, 11) is -3.39. The molecule has 0 fully saturated rings. The molecule has 1 heterocycles. The van der Waals surface area contributed by atoms with Crippen LogP contribution in [0, 0.1) is 0 Å². The van der Waals surface area contributed by atoms with E-state index >= 15 is 0 Å². The summed E-state index contributed by atoms with van der Waals surface area (Å²) in [5.41, 5.74) is 0.293. The topological polar surface area (TPSA) is 76.1 Å². The van der Waals surface area contributed by atoms with E-state index in [1.54, 1.807) is 37.6 Å². The zero-order chi connectivity index (χ0) is 14.8. The number of hydrogen-bond acceptors (Lipinski definition) is 5. The molecule has 2 aromatic rings. The molecule has 20 heavy (non-hydrogen) atoms. The largest absolute Gasteiger partial charge is 0.298 e. The van der Waals surface area contributed by atoms with Crippen LogP contribution in [0.25, 0.3) is 0 Å². The second-order valence-electron chi connectivity index (χ2n) is 4.41. The number of hydrogen-bond donors (Lipinski definition) is 1. The van der Waals surface area contributed by atoms with Crippen molar-refractivity contribution in [3.63, 3.8) is 0 Å². The van der Waals surface area contributed by atoms with Crippen LogP contribution in [0.2, 0.25) is 0 Å². The fourth-order valence-corrected chi connectivity index (χ4v) is 3.17. The molecule has 0 aliphatic heterocycles. The highest BCUT2D eigenvalue weighted by molar-refractivity contribution is 7.92. The molecule has 1 N–H and O–H groups in total. The van der Waals surface area contributed by atoms with Gasteiger partial charge in [0.15, 0.2) is 15.0 Å². The van der Waals surface area contributed by atoms with Crippen molar-refractivity contribution in [2.24, 2.45) is 0 Å². The van der Waals surface area contributed by atoms with Crippen LogP contribution < -0.4 is 5.32 Å². The number of carbonyl (C=O) groups is 1. The molecule has 7 heteroatoms. The molecule has 1 aromatic carbocycles. The van der Waals surface area contributed by atoms with Gasteiger partial charge in [-0.3, -0.25) is 10.1 Å². The van der Waals surface area contributed by atoms with Gasteiger partial charge in [-0.1, -0.05) is 6.07 Å². The summed E-state index contributed by atoms with van der Waals surface area (Å²) in [5.74, 6) is -0.374. The first-order valence-corrected chi connectivity index (χ1v) is 8.38. The van der Waals surface area contributed by atoms with Gasteiger partial charge in [0.2, 0.25) is 0 Å². The molecular weight excluding hydrogens is 296 g/mol. The summed E-state index contributed by atoms with van der Waals surface area (Å²) in [4.78, 5) is 16.1. The highest BCUT2D eigenvalue weighted by Crippen LogP contribution is 2.18. The lowest BCUT2D eigenvalue weighted by molar-refractivity contribution is 0.102. The van der Waals surface area contributed by atoms with Crippen molar-refractivity contribution in [2.45, 2.75) is 24.0 Å². The third-order valence-electron chi connectivity index (χ3n) is 2.70. The predicted octanol–water partition coefficient (Wildman–Crippen LogP) is 2.58. The lowest BCUT2D eigenvalue weighted by Crippen LogP contribution is -2.16. The summed E-state index contributed by atoms with van der Waals surface area (Å²) in [5, 5.41) is 4.32. The number of aromatic nitrogens is 1. The molecule has 0 spiro atoms. The van der Waals surface area contributed by atoms with Crippen LogP contribution in [0.4, 0.5) is 5.13 Å². The van der Waals surface area contributed by atoms with E-state index in [0.717, 1.165) is 0 Å². The molecule has 0 aliphatic rings. The third-order valence-corrected chi connectivity index (χ3v) is 5.54. The maximum Gasteiger partial charge on any atom is 0.257 e. The first-order valence-electron chi connectivity index (χ1n) is 5.96. The minimum Gasteiger partial charge on any atom is -0.298 e. The second kappa shape index (κ2) is 5.72. The second-order valence-corrected chi connectivity index (χ2v) is 7.81. The monoisotopic (exact) mass is 310 g/mol. The molecule has 106 valence electrons. The van der Waals surface area contributed by atoms with E-state index in [9.17, 15) is 13.2 Å². The third kappa shape index (κ3) is 3.05. The number of anilines is 1. The Morgan fingerprint density at radius 3 is 2.70 bits per heavy atom. The summed E-state index contributed by atoms with van der Waals surface area (Å²) in [6.07, 6.45) is 1.58. The van der Waals surface area contributed by atoms with Crippen molar-refractivity contribution in [2.75, 3.05) is 5.32 Å². The van der Waals surface area contributed by atoms with Crippen LogP contribution in [0.3, 0.4) is 0 Å². The van der Waals surface area contributed by atoms with Crippen molar-refractivity contribution in [1.82, 2.24) is 4.98 Å². The molecule has 1 amide bonds. The number of nitrogens with one attached hydrogen (secondary N) is 1. The van der Waals surface area contributed by atoms with Crippen LogP contribution in [0.15, 0.2) is 40.7 Å². The van der Waals surface area contributed by atoms with Crippen molar-refractivity contribution < 1.29 is 13.2 Å². The van der Waals surface area contributed by atoms with E-state index in [2.05, 4.69) is 10.3 Å². The van der Waals surface area contributed by atoms with Crippen LogP contribution >= 0.6 is 11.3 Å². The standard InChI is InChI=1S/C13H14N2O3S2/c1-9(2)20(17,18)11-5-3-4-10(8-11)12(16)15-13-14-6-7-19-13/h3-9H,1-2H3,(H,14,15,16). The van der Waals surface area contributed by atoms with Gasteiger partial charge in [-0.25, -0.2) is 13.4 Å². The minimum absolute atomic E-state index is 0.152. The Balaban J connectivity index is 2.28. The molecular formula is C13H14N2O3S2. The first kappa shape index (κ1) is 14.7. The van der Waals surface area contributed by atoms with E-state index in [1.807, 2.05) is 0 Å². The van der Waals surface area contributed by atoms with Crippen molar-refractivity contribution in [3.8, 4) is 0 Å². The highest BCUT2D eigenvalue weighted by Gasteiger charge is 2.20. The van der Waals surface area contributed by atoms with Crippen LogP contribution in [-0.4, -0.2) is 24.6 Å². The molecule has 0 saturated carbocycles. The maximum atomic E-state index is 12.1. The van der Waals surface area contributed by atoms with Crippen molar-refractivity contribution in [1.29, 1.82) is 0 Å². The molecule has 0 radical (unpaired) electrons. The normalized spacial score (nSPS) is 11.6. The van der Waals surface area contributed by atoms with Crippen LogP contribution in [0.1, 0.15) is 24.2 Å². The number of amides is 1. The SMILES string of the molecule is CC(C)S(=O)(=O)c1cccc(C(=O)Nc2nccs2)c1. The molecule has 2 rings (SSSR count). The summed E-state index contributed by atoms with van der Waals surface area (Å²) >= 11 is 1.30. The number of nitrogens with zero attached hydrogens (tertiary/aromatic N) is 1. The van der Waals surface area contributed by atoms with E-state index in [0.29, 0.717) is 10.7 Å². The number of sulfone groups is 1. The lowest BCUT2D eigenvalue weighted by Gasteiger charge is -2.09. The zero-order valence-corrected chi connectivity index (χ0v) is 12.7. The van der Waals surface area contributed by atoms with Gasteiger partial charge in [0.1, 0.15) is 0 Å². The Bertz CT molecular complexity index is 707. The number of thiazole rings is 1. The number of rotatable bonds is 4. The minimum atomic E-state index is -3.39. The van der Waals surface area contributed by atoms with Gasteiger partial charge in [-0.15, -0.1) is 11.3 Å². The average molecular weight is 310 g/mol. The Morgan fingerprint density at radius 2 is 2.10 bits per heavy atom. The quantitative estimate of drug-likeness (QED) is 0.941. The van der Waals surface area contributed by atoms with Crippen LogP contribution in [-0.2, 0) is 9.84 Å². The summed E-state index contributed by atoms with van der Waals surface area (Å²) in [6.45, 7) is 3.22. The van der Waals surface area contributed by atoms with Gasteiger partial charge in [0, 0.05) is 17.1 Å². The van der Waals surface area contributed by atoms with Gasteiger partial charge in [-0.05, 0) is 32.0 Å². The van der Waals surface area contributed by atoms with Crippen molar-refractivity contribution in [3.05, 3.63) is 41.4 Å². The number of benzene rings is 1. The molecule has 5 nitrogen and oxygen atoms in total. The Hall–Kier alpha value is -1.73. The van der Waals surface area contributed by atoms with Gasteiger partial charge in [0.25, 0.3) is 5.91 Å². The van der Waals surface area contributed by atoms with Crippen molar-refractivity contribution >= 4 is 32.2 Å². The molecule has 0 aliphatic carbocycles. The van der Waals surface area contributed by atoms with E-state index < -0.39 is 15.1 Å². The van der Waals surface area contributed by atoms with E-state index in [4.69, 9.17) is 0 Å². The van der Waals surface area contributed by atoms with E-state index in [1.165, 1.54) is 23.5 Å².